The van der Waals surface area contributed by atoms with Crippen LogP contribution in [0.3, 0.4) is 0 Å². The minimum absolute atomic E-state index is 0.0166. The molecule has 1 amide bonds. The summed E-state index contributed by atoms with van der Waals surface area (Å²) >= 11 is 0. The van der Waals surface area contributed by atoms with Gasteiger partial charge in [-0.3, -0.25) is 9.48 Å². The van der Waals surface area contributed by atoms with Gasteiger partial charge < -0.3 is 15.2 Å². The Morgan fingerprint density at radius 3 is 3.04 bits per heavy atom. The highest BCUT2D eigenvalue weighted by Crippen LogP contribution is 2.29. The van der Waals surface area contributed by atoms with Crippen LogP contribution in [0.25, 0.3) is 0 Å². The van der Waals surface area contributed by atoms with Gasteiger partial charge in [0.2, 0.25) is 0 Å². The van der Waals surface area contributed by atoms with Crippen molar-refractivity contribution in [2.75, 3.05) is 6.61 Å². The van der Waals surface area contributed by atoms with Crippen LogP contribution in [0.2, 0.25) is 0 Å². The lowest BCUT2D eigenvalue weighted by Crippen LogP contribution is -2.42. The Kier molecular flexibility index (Phi) is 4.62. The Labute approximate surface area is 135 Å². The third-order valence-corrected chi connectivity index (χ3v) is 4.09. The van der Waals surface area contributed by atoms with Gasteiger partial charge in [0, 0.05) is 24.9 Å². The van der Waals surface area contributed by atoms with Crippen molar-refractivity contribution in [2.24, 2.45) is 0 Å². The molecule has 23 heavy (non-hydrogen) atoms. The first-order valence-electron chi connectivity index (χ1n) is 7.92. The third kappa shape index (κ3) is 3.37. The summed E-state index contributed by atoms with van der Waals surface area (Å²) in [5, 5.41) is 17.1. The van der Waals surface area contributed by atoms with Gasteiger partial charge in [0.15, 0.2) is 0 Å². The van der Waals surface area contributed by atoms with Crippen LogP contribution in [-0.2, 0) is 11.3 Å². The van der Waals surface area contributed by atoms with Crippen LogP contribution in [-0.4, -0.2) is 33.4 Å². The summed E-state index contributed by atoms with van der Waals surface area (Å²) in [5.41, 5.74) is 1.25. The Morgan fingerprint density at radius 1 is 1.48 bits per heavy atom. The number of para-hydroxylation sites is 1. The van der Waals surface area contributed by atoms with Crippen LogP contribution in [0.15, 0.2) is 36.7 Å². The van der Waals surface area contributed by atoms with E-state index in [0.717, 1.165) is 24.9 Å². The Hall–Kier alpha value is -2.34. The van der Waals surface area contributed by atoms with Crippen LogP contribution in [0.4, 0.5) is 0 Å². The molecule has 0 spiro atoms. The van der Waals surface area contributed by atoms with Gasteiger partial charge >= 0.3 is 0 Å². The number of carbonyl (C=O) groups excluding carboxylic acids is 1. The maximum Gasteiger partial charge on any atom is 0.255 e. The van der Waals surface area contributed by atoms with Crippen molar-refractivity contribution < 1.29 is 14.6 Å². The lowest BCUT2D eigenvalue weighted by atomic mass is 9.97. The van der Waals surface area contributed by atoms with Gasteiger partial charge in [-0.2, -0.15) is 5.10 Å². The number of carbonyl (C=O) groups is 1. The molecule has 6 nitrogen and oxygen atoms in total. The number of amides is 1. The van der Waals surface area contributed by atoms with Gasteiger partial charge in [-0.1, -0.05) is 12.1 Å². The van der Waals surface area contributed by atoms with Gasteiger partial charge in [-0.15, -0.1) is 0 Å². The molecule has 0 saturated carbocycles. The Bertz CT molecular complexity index is 683. The predicted octanol–water partition coefficient (Wildman–Crippen LogP) is 2.26. The number of nitrogens with zero attached hydrogens (tertiary/aromatic N) is 2. The number of hydrogen-bond acceptors (Lipinski definition) is 4. The van der Waals surface area contributed by atoms with Gasteiger partial charge in [0.25, 0.3) is 5.91 Å². The first kappa shape index (κ1) is 15.6. The summed E-state index contributed by atoms with van der Waals surface area (Å²) in [6.45, 7) is 3.49. The van der Waals surface area contributed by atoms with Gasteiger partial charge in [-0.25, -0.2) is 0 Å². The molecule has 0 bridgehead atoms. The fraction of sp³-hybridized carbons (Fsp3) is 0.412. The van der Waals surface area contributed by atoms with Gasteiger partial charge in [0.05, 0.1) is 17.8 Å². The third-order valence-electron chi connectivity index (χ3n) is 4.09. The summed E-state index contributed by atoms with van der Waals surface area (Å²) in [5.74, 6) is -0.302. The second-order valence-electron chi connectivity index (χ2n) is 5.66. The molecule has 1 saturated heterocycles. The number of benzene rings is 1. The van der Waals surface area contributed by atoms with E-state index in [0.29, 0.717) is 6.61 Å². The van der Waals surface area contributed by atoms with Crippen LogP contribution in [0.5, 0.6) is 5.75 Å². The molecule has 1 aliphatic rings. The Morgan fingerprint density at radius 2 is 2.30 bits per heavy atom. The van der Waals surface area contributed by atoms with E-state index in [1.54, 1.807) is 24.4 Å². The molecule has 6 heteroatoms. The molecule has 2 atom stereocenters. The molecular formula is C17H21N3O3. The zero-order valence-electron chi connectivity index (χ0n) is 13.1. The minimum Gasteiger partial charge on any atom is -0.507 e. The summed E-state index contributed by atoms with van der Waals surface area (Å²) < 4.78 is 7.71. The topological polar surface area (TPSA) is 76.4 Å². The van der Waals surface area contributed by atoms with Gasteiger partial charge in [-0.05, 0) is 31.9 Å². The van der Waals surface area contributed by atoms with E-state index in [1.807, 2.05) is 17.8 Å². The number of hydrogen-bond donors (Lipinski definition) is 2. The lowest BCUT2D eigenvalue weighted by Gasteiger charge is -2.31. The Balaban J connectivity index is 1.76. The predicted molar refractivity (Wildman–Crippen MR) is 85.2 cm³/mol. The second kappa shape index (κ2) is 6.83. The highest BCUT2D eigenvalue weighted by Gasteiger charge is 2.30. The number of phenolic OH excluding ortho intramolecular Hbond substituents is 1. The van der Waals surface area contributed by atoms with E-state index in [9.17, 15) is 9.90 Å². The van der Waals surface area contributed by atoms with Crippen LogP contribution in [0, 0.1) is 0 Å². The fourth-order valence-corrected chi connectivity index (χ4v) is 2.87. The number of phenols is 1. The molecule has 1 fully saturated rings. The molecule has 1 aromatic heterocycles. The number of nitrogens with one attached hydrogen (secondary N) is 1. The number of aromatic nitrogens is 2. The number of rotatable bonds is 4. The van der Waals surface area contributed by atoms with Crippen LogP contribution < -0.4 is 5.32 Å². The standard InChI is InChI=1S/C17H21N3O3/c1-2-20-11-12(10-18-20)16-14(7-5-9-23-16)19-17(22)13-6-3-4-8-15(13)21/h3-4,6,8,10-11,14,16,21H,2,5,7,9H2,1H3,(H,19,22)/t14-,16+/m1/s1. The molecule has 1 aliphatic heterocycles. The molecule has 3 rings (SSSR count). The quantitative estimate of drug-likeness (QED) is 0.907. The number of aryl methyl sites for hydroxylation is 1. The van der Waals surface area contributed by atoms with Crippen molar-refractivity contribution in [1.29, 1.82) is 0 Å². The molecule has 122 valence electrons. The van der Waals surface area contributed by atoms with E-state index >= 15 is 0 Å². The summed E-state index contributed by atoms with van der Waals surface area (Å²) in [6.07, 6.45) is 5.26. The van der Waals surface area contributed by atoms with Crippen molar-refractivity contribution >= 4 is 5.91 Å². The van der Waals surface area contributed by atoms with Crippen LogP contribution >= 0.6 is 0 Å². The SMILES string of the molecule is CCn1cc([C@@H]2OCCC[C@H]2NC(=O)c2ccccc2O)cn1. The minimum atomic E-state index is -0.286. The monoisotopic (exact) mass is 315 g/mol. The molecule has 0 aliphatic carbocycles. The first-order chi connectivity index (χ1) is 11.2. The summed E-state index contributed by atoms with van der Waals surface area (Å²) in [7, 11) is 0. The number of aromatic hydroxyl groups is 1. The van der Waals surface area contributed by atoms with Crippen molar-refractivity contribution in [3.05, 3.63) is 47.8 Å². The second-order valence-corrected chi connectivity index (χ2v) is 5.66. The van der Waals surface area contributed by atoms with Crippen molar-refractivity contribution in [3.63, 3.8) is 0 Å². The molecule has 2 aromatic rings. The fourth-order valence-electron chi connectivity index (χ4n) is 2.87. The summed E-state index contributed by atoms with van der Waals surface area (Å²) in [6, 6.07) is 6.41. The summed E-state index contributed by atoms with van der Waals surface area (Å²) in [4.78, 5) is 12.4. The smallest absolute Gasteiger partial charge is 0.255 e. The molecule has 2 N–H and O–H groups in total. The average Bonchev–Trinajstić information content (AvgIpc) is 3.04. The van der Waals surface area contributed by atoms with E-state index in [2.05, 4.69) is 10.4 Å². The van der Waals surface area contributed by atoms with Crippen LogP contribution in [0.1, 0.15) is 41.8 Å². The average molecular weight is 315 g/mol. The number of ether oxygens (including phenoxy) is 1. The lowest BCUT2D eigenvalue weighted by molar-refractivity contribution is -0.00953. The van der Waals surface area contributed by atoms with Crippen molar-refractivity contribution in [1.82, 2.24) is 15.1 Å². The molecule has 0 radical (unpaired) electrons. The first-order valence-corrected chi connectivity index (χ1v) is 7.92. The maximum atomic E-state index is 12.4. The van der Waals surface area contributed by atoms with Crippen molar-refractivity contribution in [3.8, 4) is 5.75 Å². The van der Waals surface area contributed by atoms with E-state index in [1.165, 1.54) is 6.07 Å². The normalized spacial score (nSPS) is 21.1. The van der Waals surface area contributed by atoms with E-state index in [-0.39, 0.29) is 29.4 Å². The van der Waals surface area contributed by atoms with E-state index in [4.69, 9.17) is 4.74 Å². The molecule has 1 aromatic carbocycles. The molecule has 0 unspecified atom stereocenters. The highest BCUT2D eigenvalue weighted by molar-refractivity contribution is 5.96. The van der Waals surface area contributed by atoms with Gasteiger partial charge in [0.1, 0.15) is 11.9 Å². The zero-order chi connectivity index (χ0) is 16.2. The zero-order valence-corrected chi connectivity index (χ0v) is 13.1. The molecular weight excluding hydrogens is 294 g/mol. The maximum absolute atomic E-state index is 12.4. The van der Waals surface area contributed by atoms with E-state index < -0.39 is 0 Å². The largest absolute Gasteiger partial charge is 0.507 e. The molecule has 2 heterocycles. The highest BCUT2D eigenvalue weighted by atomic mass is 16.5. The van der Waals surface area contributed by atoms with Crippen molar-refractivity contribution in [2.45, 2.75) is 38.5 Å².